The van der Waals surface area contributed by atoms with Crippen LogP contribution < -0.4 is 15.5 Å². The number of hydrogen-bond acceptors (Lipinski definition) is 2. The Morgan fingerprint density at radius 3 is 2.68 bits per heavy atom. The second-order valence-corrected chi connectivity index (χ2v) is 4.90. The number of carbonyl (C=O) groups is 2. The average molecular weight is 261 g/mol. The third kappa shape index (κ3) is 2.86. The number of aryl methyl sites for hydroxylation is 2. The van der Waals surface area contributed by atoms with E-state index in [1.165, 1.54) is 5.56 Å². The fourth-order valence-electron chi connectivity index (χ4n) is 2.20. The van der Waals surface area contributed by atoms with Gasteiger partial charge in [-0.05, 0) is 37.1 Å². The van der Waals surface area contributed by atoms with Crippen molar-refractivity contribution in [2.75, 3.05) is 18.5 Å². The van der Waals surface area contributed by atoms with Crippen LogP contribution in [0.2, 0.25) is 0 Å². The Balaban J connectivity index is 2.11. The van der Waals surface area contributed by atoms with E-state index < -0.39 is 0 Å². The maximum Gasteiger partial charge on any atom is 0.314 e. The lowest BCUT2D eigenvalue weighted by molar-refractivity contribution is -0.117. The van der Waals surface area contributed by atoms with Crippen LogP contribution in [-0.2, 0) is 4.79 Å². The molecule has 0 aliphatic carbocycles. The second-order valence-electron chi connectivity index (χ2n) is 4.90. The third-order valence-corrected chi connectivity index (χ3v) is 3.49. The average Bonchev–Trinajstić information content (AvgIpc) is 2.73. The van der Waals surface area contributed by atoms with Gasteiger partial charge in [0, 0.05) is 25.7 Å². The molecule has 3 amide bonds. The topological polar surface area (TPSA) is 61.4 Å². The predicted molar refractivity (Wildman–Crippen MR) is 74.3 cm³/mol. The summed E-state index contributed by atoms with van der Waals surface area (Å²) in [5.74, 6) is 0.0460. The van der Waals surface area contributed by atoms with Crippen molar-refractivity contribution >= 4 is 17.6 Å². The normalized spacial score (nSPS) is 18.6. The first-order chi connectivity index (χ1) is 9.01. The molecule has 1 atom stereocenters. The Morgan fingerprint density at radius 2 is 2.05 bits per heavy atom. The molecule has 1 aromatic rings. The number of hydrogen-bond donors (Lipinski definition) is 2. The minimum absolute atomic E-state index is 0.0460. The minimum atomic E-state index is -0.250. The van der Waals surface area contributed by atoms with Crippen molar-refractivity contribution in [3.8, 4) is 0 Å². The molecular weight excluding hydrogens is 242 g/mol. The van der Waals surface area contributed by atoms with E-state index >= 15 is 0 Å². The molecule has 1 aliphatic rings. The molecule has 19 heavy (non-hydrogen) atoms. The summed E-state index contributed by atoms with van der Waals surface area (Å²) in [5, 5.41) is 5.27. The number of nitrogens with one attached hydrogen (secondary N) is 2. The van der Waals surface area contributed by atoms with Gasteiger partial charge in [-0.3, -0.25) is 4.79 Å². The number of benzene rings is 1. The highest BCUT2D eigenvalue weighted by atomic mass is 16.2. The summed E-state index contributed by atoms with van der Waals surface area (Å²) in [5.41, 5.74) is 3.26. The summed E-state index contributed by atoms with van der Waals surface area (Å²) in [7, 11) is 1.56. The summed E-state index contributed by atoms with van der Waals surface area (Å²) in [6.07, 6.45) is 0.348. The molecule has 1 saturated heterocycles. The van der Waals surface area contributed by atoms with Crippen molar-refractivity contribution in [2.24, 2.45) is 0 Å². The number of rotatable bonds is 2. The van der Waals surface area contributed by atoms with E-state index in [0.717, 1.165) is 11.3 Å². The van der Waals surface area contributed by atoms with Gasteiger partial charge in [0.1, 0.15) is 0 Å². The molecule has 1 aliphatic heterocycles. The maximum absolute atomic E-state index is 12.0. The Hall–Kier alpha value is -2.04. The largest absolute Gasteiger partial charge is 0.341 e. The predicted octanol–water partition coefficient (Wildman–Crippen LogP) is 1.34. The molecule has 102 valence electrons. The first kappa shape index (κ1) is 13.4. The zero-order chi connectivity index (χ0) is 14.0. The van der Waals surface area contributed by atoms with E-state index in [2.05, 4.69) is 10.6 Å². The van der Waals surface area contributed by atoms with Crippen molar-refractivity contribution in [1.29, 1.82) is 0 Å². The van der Waals surface area contributed by atoms with Gasteiger partial charge in [0.25, 0.3) is 0 Å². The Labute approximate surface area is 113 Å². The second kappa shape index (κ2) is 5.30. The fraction of sp³-hybridized carbons (Fsp3) is 0.429. The van der Waals surface area contributed by atoms with Gasteiger partial charge in [-0.15, -0.1) is 0 Å². The Morgan fingerprint density at radius 1 is 1.32 bits per heavy atom. The van der Waals surface area contributed by atoms with Crippen molar-refractivity contribution in [3.63, 3.8) is 0 Å². The SMILES string of the molecule is CNC(=O)N[C@@H]1CC(=O)N(c2ccc(C)c(C)c2)C1. The van der Waals surface area contributed by atoms with Crippen molar-refractivity contribution in [3.05, 3.63) is 29.3 Å². The van der Waals surface area contributed by atoms with Crippen LogP contribution in [0.4, 0.5) is 10.5 Å². The number of nitrogens with zero attached hydrogens (tertiary/aromatic N) is 1. The Bertz CT molecular complexity index is 513. The zero-order valence-corrected chi connectivity index (χ0v) is 11.5. The molecule has 1 heterocycles. The van der Waals surface area contributed by atoms with Crippen LogP contribution in [0, 0.1) is 13.8 Å². The number of carbonyl (C=O) groups excluding carboxylic acids is 2. The van der Waals surface area contributed by atoms with Crippen molar-refractivity contribution in [1.82, 2.24) is 10.6 Å². The molecule has 0 saturated carbocycles. The standard InChI is InChI=1S/C14H19N3O2/c1-9-4-5-12(6-10(9)2)17-8-11(7-13(17)18)16-14(19)15-3/h4-6,11H,7-8H2,1-3H3,(H2,15,16,19)/t11-/m1/s1. The van der Waals surface area contributed by atoms with Gasteiger partial charge in [0.05, 0.1) is 6.04 Å². The number of amides is 3. The monoisotopic (exact) mass is 261 g/mol. The highest BCUT2D eigenvalue weighted by molar-refractivity contribution is 5.96. The van der Waals surface area contributed by atoms with Crippen LogP contribution in [0.25, 0.3) is 0 Å². The van der Waals surface area contributed by atoms with E-state index in [-0.39, 0.29) is 18.0 Å². The summed E-state index contributed by atoms with van der Waals surface area (Å²) < 4.78 is 0. The molecule has 2 N–H and O–H groups in total. The minimum Gasteiger partial charge on any atom is -0.341 e. The van der Waals surface area contributed by atoms with Gasteiger partial charge in [-0.2, -0.15) is 0 Å². The van der Waals surface area contributed by atoms with Crippen LogP contribution in [0.3, 0.4) is 0 Å². The van der Waals surface area contributed by atoms with Crippen LogP contribution in [0.15, 0.2) is 18.2 Å². The van der Waals surface area contributed by atoms with Gasteiger partial charge in [-0.25, -0.2) is 4.79 Å². The lowest BCUT2D eigenvalue weighted by Gasteiger charge is -2.18. The van der Waals surface area contributed by atoms with Gasteiger partial charge in [0.15, 0.2) is 0 Å². The Kier molecular flexibility index (Phi) is 3.74. The van der Waals surface area contributed by atoms with Gasteiger partial charge < -0.3 is 15.5 Å². The van der Waals surface area contributed by atoms with E-state index in [9.17, 15) is 9.59 Å². The third-order valence-electron chi connectivity index (χ3n) is 3.49. The van der Waals surface area contributed by atoms with E-state index in [1.807, 2.05) is 32.0 Å². The molecule has 1 aromatic carbocycles. The molecule has 0 aromatic heterocycles. The van der Waals surface area contributed by atoms with Gasteiger partial charge in [0.2, 0.25) is 5.91 Å². The molecule has 0 spiro atoms. The molecule has 2 rings (SSSR count). The summed E-state index contributed by atoms with van der Waals surface area (Å²) in [6.45, 7) is 4.59. The molecule has 1 fully saturated rings. The van der Waals surface area contributed by atoms with Crippen LogP contribution in [0.5, 0.6) is 0 Å². The highest BCUT2D eigenvalue weighted by Crippen LogP contribution is 2.23. The van der Waals surface area contributed by atoms with Gasteiger partial charge >= 0.3 is 6.03 Å². The molecule has 0 bridgehead atoms. The fourth-order valence-corrected chi connectivity index (χ4v) is 2.20. The summed E-state index contributed by atoms with van der Waals surface area (Å²) in [4.78, 5) is 25.0. The van der Waals surface area contributed by atoms with Crippen molar-refractivity contribution in [2.45, 2.75) is 26.3 Å². The van der Waals surface area contributed by atoms with Crippen LogP contribution in [-0.4, -0.2) is 31.6 Å². The summed E-state index contributed by atoms with van der Waals surface area (Å²) >= 11 is 0. The first-order valence-corrected chi connectivity index (χ1v) is 6.37. The van der Waals surface area contributed by atoms with Gasteiger partial charge in [-0.1, -0.05) is 6.07 Å². The smallest absolute Gasteiger partial charge is 0.314 e. The maximum atomic E-state index is 12.0. The van der Waals surface area contributed by atoms with E-state index in [4.69, 9.17) is 0 Å². The zero-order valence-electron chi connectivity index (χ0n) is 11.5. The molecule has 5 heteroatoms. The quantitative estimate of drug-likeness (QED) is 0.844. The molecule has 5 nitrogen and oxygen atoms in total. The lowest BCUT2D eigenvalue weighted by atomic mass is 10.1. The number of urea groups is 1. The van der Waals surface area contributed by atoms with E-state index in [0.29, 0.717) is 13.0 Å². The van der Waals surface area contributed by atoms with Crippen molar-refractivity contribution < 1.29 is 9.59 Å². The molecule has 0 radical (unpaired) electrons. The lowest BCUT2D eigenvalue weighted by Crippen LogP contribution is -2.41. The van der Waals surface area contributed by atoms with E-state index in [1.54, 1.807) is 11.9 Å². The molecular formula is C14H19N3O2. The first-order valence-electron chi connectivity index (χ1n) is 6.37. The highest BCUT2D eigenvalue weighted by Gasteiger charge is 2.31. The summed E-state index contributed by atoms with van der Waals surface area (Å²) in [6, 6.07) is 5.59. The number of anilines is 1. The van der Waals surface area contributed by atoms with Crippen LogP contribution >= 0.6 is 0 Å². The molecule has 0 unspecified atom stereocenters. The van der Waals surface area contributed by atoms with Crippen LogP contribution in [0.1, 0.15) is 17.5 Å².